The molecule has 9 heteroatoms. The first-order valence-corrected chi connectivity index (χ1v) is 6.08. The summed E-state index contributed by atoms with van der Waals surface area (Å²) >= 11 is 3.01. The van der Waals surface area contributed by atoms with Gasteiger partial charge in [-0.15, -0.1) is 0 Å². The van der Waals surface area contributed by atoms with Crippen LogP contribution in [0.25, 0.3) is 0 Å². The first-order chi connectivity index (χ1) is 8.93. The van der Waals surface area contributed by atoms with Crippen LogP contribution in [0.1, 0.15) is 19.4 Å². The Kier molecular flexibility index (Phi) is 4.42. The van der Waals surface area contributed by atoms with E-state index in [4.69, 9.17) is 0 Å². The number of nitrogens with one attached hydrogen (secondary N) is 1. The van der Waals surface area contributed by atoms with Gasteiger partial charge >= 0.3 is 6.18 Å². The zero-order chi connectivity index (χ0) is 15.7. The number of alkyl halides is 4. The summed E-state index contributed by atoms with van der Waals surface area (Å²) in [6.07, 6.45) is -4.81. The number of nitro benzene ring substituents is 1. The van der Waals surface area contributed by atoms with Crippen LogP contribution in [0.15, 0.2) is 18.2 Å². The standard InChI is InChI=1S/C11H10BrF3N2O3/c1-10(2,12)9(18)16-8-4-3-6(17(19)20)5-7(8)11(13,14)15/h3-5H,1-2H3,(H,16,18). The molecule has 0 aliphatic carbocycles. The molecule has 0 spiro atoms. The van der Waals surface area contributed by atoms with Gasteiger partial charge in [-0.25, -0.2) is 0 Å². The molecule has 20 heavy (non-hydrogen) atoms. The number of rotatable bonds is 3. The average molecular weight is 355 g/mol. The summed E-state index contributed by atoms with van der Waals surface area (Å²) in [6.45, 7) is 2.92. The van der Waals surface area contributed by atoms with Crippen LogP contribution in [-0.2, 0) is 11.0 Å². The molecule has 110 valence electrons. The molecule has 0 saturated heterocycles. The highest BCUT2D eigenvalue weighted by atomic mass is 79.9. The van der Waals surface area contributed by atoms with Gasteiger partial charge < -0.3 is 5.32 Å². The normalized spacial score (nSPS) is 12.1. The number of hydrogen-bond donors (Lipinski definition) is 1. The molecule has 0 aliphatic rings. The Morgan fingerprint density at radius 1 is 1.35 bits per heavy atom. The number of carbonyl (C=O) groups is 1. The summed E-state index contributed by atoms with van der Waals surface area (Å²) in [5.74, 6) is -0.697. The lowest BCUT2D eigenvalue weighted by molar-refractivity contribution is -0.385. The van der Waals surface area contributed by atoms with E-state index in [0.717, 1.165) is 12.1 Å². The van der Waals surface area contributed by atoms with E-state index in [1.807, 2.05) is 0 Å². The average Bonchev–Trinajstić information content (AvgIpc) is 2.26. The van der Waals surface area contributed by atoms with Crippen molar-refractivity contribution in [3.8, 4) is 0 Å². The Bertz CT molecular complexity index is 553. The lowest BCUT2D eigenvalue weighted by Gasteiger charge is -2.18. The number of anilines is 1. The molecule has 0 heterocycles. The lowest BCUT2D eigenvalue weighted by atomic mass is 10.1. The second-order valence-electron chi connectivity index (χ2n) is 4.41. The Morgan fingerprint density at radius 3 is 2.30 bits per heavy atom. The van der Waals surface area contributed by atoms with E-state index in [9.17, 15) is 28.1 Å². The molecule has 1 amide bonds. The third kappa shape index (κ3) is 3.92. The molecule has 1 aromatic rings. The topological polar surface area (TPSA) is 72.2 Å². The van der Waals surface area contributed by atoms with Crippen LogP contribution in [0.5, 0.6) is 0 Å². The fraction of sp³-hybridized carbons (Fsp3) is 0.364. The van der Waals surface area contributed by atoms with Crippen LogP contribution >= 0.6 is 15.9 Å². The monoisotopic (exact) mass is 354 g/mol. The fourth-order valence-corrected chi connectivity index (χ4v) is 1.36. The molecule has 1 N–H and O–H groups in total. The van der Waals surface area contributed by atoms with Gasteiger partial charge in [-0.1, -0.05) is 15.9 Å². The lowest BCUT2D eigenvalue weighted by Crippen LogP contribution is -2.31. The molecule has 0 fully saturated rings. The summed E-state index contributed by atoms with van der Waals surface area (Å²) in [5.41, 5.74) is -2.49. The molecule has 0 aromatic heterocycles. The van der Waals surface area contributed by atoms with Crippen molar-refractivity contribution < 1.29 is 22.9 Å². The van der Waals surface area contributed by atoms with Gasteiger partial charge in [-0.05, 0) is 19.9 Å². The minimum absolute atomic E-state index is 0.386. The van der Waals surface area contributed by atoms with E-state index < -0.39 is 38.3 Å². The highest BCUT2D eigenvalue weighted by Gasteiger charge is 2.36. The maximum absolute atomic E-state index is 12.9. The minimum atomic E-state index is -4.81. The van der Waals surface area contributed by atoms with Gasteiger partial charge in [0.1, 0.15) is 0 Å². The summed E-state index contributed by atoms with van der Waals surface area (Å²) in [4.78, 5) is 21.3. The Morgan fingerprint density at radius 2 is 1.90 bits per heavy atom. The van der Waals surface area contributed by atoms with Crippen molar-refractivity contribution in [1.82, 2.24) is 0 Å². The fourth-order valence-electron chi connectivity index (χ4n) is 1.26. The first kappa shape index (κ1) is 16.4. The molecule has 5 nitrogen and oxygen atoms in total. The van der Waals surface area contributed by atoms with Crippen molar-refractivity contribution in [3.63, 3.8) is 0 Å². The molecular weight excluding hydrogens is 345 g/mol. The van der Waals surface area contributed by atoms with Gasteiger partial charge in [0.05, 0.1) is 20.5 Å². The Balaban J connectivity index is 3.27. The van der Waals surface area contributed by atoms with Gasteiger partial charge in [0.15, 0.2) is 0 Å². The number of non-ortho nitro benzene ring substituents is 1. The smallest absolute Gasteiger partial charge is 0.324 e. The molecule has 0 atom stereocenters. The van der Waals surface area contributed by atoms with Crippen molar-refractivity contribution in [2.45, 2.75) is 24.3 Å². The minimum Gasteiger partial charge on any atom is -0.324 e. The highest BCUT2D eigenvalue weighted by molar-refractivity contribution is 9.10. The SMILES string of the molecule is CC(C)(Br)C(=O)Nc1ccc([N+](=O)[O-])cc1C(F)(F)F. The van der Waals surface area contributed by atoms with Gasteiger partial charge in [0.2, 0.25) is 5.91 Å². The van der Waals surface area contributed by atoms with Crippen LogP contribution in [0.4, 0.5) is 24.5 Å². The van der Waals surface area contributed by atoms with Gasteiger partial charge in [0.25, 0.3) is 5.69 Å². The number of nitrogens with zero attached hydrogens (tertiary/aromatic N) is 1. The van der Waals surface area contributed by atoms with Crippen molar-refractivity contribution in [3.05, 3.63) is 33.9 Å². The number of carbonyl (C=O) groups excluding carboxylic acids is 1. The van der Waals surface area contributed by atoms with Crippen LogP contribution in [0, 0.1) is 10.1 Å². The number of hydrogen-bond acceptors (Lipinski definition) is 3. The molecule has 0 saturated carbocycles. The maximum Gasteiger partial charge on any atom is 0.418 e. The summed E-state index contributed by atoms with van der Waals surface area (Å²) < 4.78 is 37.5. The summed E-state index contributed by atoms with van der Waals surface area (Å²) in [5, 5.41) is 12.6. The van der Waals surface area contributed by atoms with Crippen molar-refractivity contribution in [2.24, 2.45) is 0 Å². The highest BCUT2D eigenvalue weighted by Crippen LogP contribution is 2.37. The first-order valence-electron chi connectivity index (χ1n) is 5.29. The predicted octanol–water partition coefficient (Wildman–Crippen LogP) is 3.73. The Labute approximate surface area is 120 Å². The molecule has 0 radical (unpaired) electrons. The number of benzene rings is 1. The quantitative estimate of drug-likeness (QED) is 0.510. The number of amides is 1. The van der Waals surface area contributed by atoms with E-state index in [-0.39, 0.29) is 0 Å². The van der Waals surface area contributed by atoms with E-state index in [1.165, 1.54) is 13.8 Å². The van der Waals surface area contributed by atoms with E-state index in [2.05, 4.69) is 21.2 Å². The van der Waals surface area contributed by atoms with E-state index in [1.54, 1.807) is 0 Å². The van der Waals surface area contributed by atoms with Crippen LogP contribution in [0.2, 0.25) is 0 Å². The van der Waals surface area contributed by atoms with Crippen molar-refractivity contribution in [1.29, 1.82) is 0 Å². The second-order valence-corrected chi connectivity index (χ2v) is 6.39. The van der Waals surface area contributed by atoms with Crippen LogP contribution in [0.3, 0.4) is 0 Å². The maximum atomic E-state index is 12.9. The van der Waals surface area contributed by atoms with Gasteiger partial charge in [0, 0.05) is 12.1 Å². The van der Waals surface area contributed by atoms with Crippen molar-refractivity contribution in [2.75, 3.05) is 5.32 Å². The largest absolute Gasteiger partial charge is 0.418 e. The predicted molar refractivity (Wildman–Crippen MR) is 69.7 cm³/mol. The second kappa shape index (κ2) is 5.39. The van der Waals surface area contributed by atoms with E-state index >= 15 is 0 Å². The van der Waals surface area contributed by atoms with Crippen molar-refractivity contribution >= 4 is 33.2 Å². The number of halogens is 4. The third-order valence-electron chi connectivity index (χ3n) is 2.31. The van der Waals surface area contributed by atoms with Gasteiger partial charge in [-0.3, -0.25) is 14.9 Å². The zero-order valence-corrected chi connectivity index (χ0v) is 12.0. The Hall–Kier alpha value is -1.64. The number of nitro groups is 1. The zero-order valence-electron chi connectivity index (χ0n) is 10.4. The molecular formula is C11H10BrF3N2O3. The van der Waals surface area contributed by atoms with Crippen LogP contribution in [-0.4, -0.2) is 15.2 Å². The third-order valence-corrected chi connectivity index (χ3v) is 2.67. The molecule has 0 unspecified atom stereocenters. The van der Waals surface area contributed by atoms with Gasteiger partial charge in [-0.2, -0.15) is 13.2 Å². The summed E-state index contributed by atoms with van der Waals surface area (Å²) in [7, 11) is 0. The molecule has 0 aliphatic heterocycles. The van der Waals surface area contributed by atoms with Crippen LogP contribution < -0.4 is 5.32 Å². The molecule has 1 aromatic carbocycles. The molecule has 0 bridgehead atoms. The van der Waals surface area contributed by atoms with E-state index in [0.29, 0.717) is 6.07 Å². The molecule has 1 rings (SSSR count). The summed E-state index contributed by atoms with van der Waals surface area (Å²) in [6, 6.07) is 2.14.